The van der Waals surface area contributed by atoms with E-state index >= 15 is 0 Å². The van der Waals surface area contributed by atoms with Gasteiger partial charge >= 0.3 is 0 Å². The van der Waals surface area contributed by atoms with Crippen LogP contribution in [0.4, 0.5) is 5.69 Å². The van der Waals surface area contributed by atoms with Crippen molar-refractivity contribution in [3.8, 4) is 11.3 Å². The summed E-state index contributed by atoms with van der Waals surface area (Å²) in [7, 11) is 0. The molecule has 0 aliphatic rings. The largest absolute Gasteiger partial charge is 0.457 e. The molecule has 1 aromatic carbocycles. The molecule has 0 unspecified atom stereocenters. The molecule has 2 aromatic rings. The number of nitro benzene ring substituents is 1. The van der Waals surface area contributed by atoms with E-state index in [0.29, 0.717) is 11.5 Å². The maximum absolute atomic E-state index is 10.5. The molecule has 80 valence electrons. The SMILES string of the molecule is C=Cc1ccc(-c2ccc([N+](=O)[O-])cc2)o1. The summed E-state index contributed by atoms with van der Waals surface area (Å²) >= 11 is 0. The van der Waals surface area contributed by atoms with Crippen LogP contribution in [-0.4, -0.2) is 4.92 Å². The first-order valence-electron chi connectivity index (χ1n) is 4.68. The molecule has 4 heteroatoms. The number of hydrogen-bond acceptors (Lipinski definition) is 3. The third-order valence-corrected chi connectivity index (χ3v) is 2.19. The Morgan fingerprint density at radius 1 is 1.19 bits per heavy atom. The normalized spacial score (nSPS) is 10.0. The second-order valence-corrected chi connectivity index (χ2v) is 3.21. The molecule has 0 fully saturated rings. The molecule has 0 aliphatic carbocycles. The molecule has 0 saturated carbocycles. The van der Waals surface area contributed by atoms with Crippen molar-refractivity contribution in [2.45, 2.75) is 0 Å². The zero-order chi connectivity index (χ0) is 11.5. The van der Waals surface area contributed by atoms with Crippen LogP contribution in [0.5, 0.6) is 0 Å². The number of non-ortho nitro benzene ring substituents is 1. The van der Waals surface area contributed by atoms with E-state index in [4.69, 9.17) is 4.42 Å². The van der Waals surface area contributed by atoms with Gasteiger partial charge in [-0.1, -0.05) is 6.58 Å². The smallest absolute Gasteiger partial charge is 0.269 e. The Kier molecular flexibility index (Phi) is 2.55. The minimum Gasteiger partial charge on any atom is -0.457 e. The second kappa shape index (κ2) is 4.02. The number of nitrogens with zero attached hydrogens (tertiary/aromatic N) is 1. The first kappa shape index (κ1) is 10.2. The van der Waals surface area contributed by atoms with Crippen LogP contribution in [-0.2, 0) is 0 Å². The van der Waals surface area contributed by atoms with Gasteiger partial charge in [0.15, 0.2) is 0 Å². The quantitative estimate of drug-likeness (QED) is 0.581. The van der Waals surface area contributed by atoms with Crippen LogP contribution in [0, 0.1) is 10.1 Å². The number of benzene rings is 1. The Morgan fingerprint density at radius 2 is 1.88 bits per heavy atom. The van der Waals surface area contributed by atoms with Crippen molar-refractivity contribution in [1.29, 1.82) is 0 Å². The first-order chi connectivity index (χ1) is 7.70. The predicted octanol–water partition coefficient (Wildman–Crippen LogP) is 3.50. The molecule has 0 aliphatic heterocycles. The summed E-state index contributed by atoms with van der Waals surface area (Å²) in [5.41, 5.74) is 0.873. The molecule has 0 amide bonds. The molecule has 0 spiro atoms. The lowest BCUT2D eigenvalue weighted by Crippen LogP contribution is -1.86. The molecule has 0 radical (unpaired) electrons. The molecular weight excluding hydrogens is 206 g/mol. The standard InChI is InChI=1S/C12H9NO3/c1-2-11-7-8-12(16-11)9-3-5-10(6-4-9)13(14)15/h2-8H,1H2. The van der Waals surface area contributed by atoms with Crippen molar-refractivity contribution in [3.05, 3.63) is 58.9 Å². The lowest BCUT2D eigenvalue weighted by molar-refractivity contribution is -0.384. The van der Waals surface area contributed by atoms with Gasteiger partial charge in [-0.2, -0.15) is 0 Å². The van der Waals surface area contributed by atoms with E-state index < -0.39 is 4.92 Å². The fourth-order valence-electron chi connectivity index (χ4n) is 1.37. The second-order valence-electron chi connectivity index (χ2n) is 3.21. The number of furan rings is 1. The molecule has 16 heavy (non-hydrogen) atoms. The first-order valence-corrected chi connectivity index (χ1v) is 4.68. The third-order valence-electron chi connectivity index (χ3n) is 2.19. The van der Waals surface area contributed by atoms with Crippen LogP contribution in [0.15, 0.2) is 47.4 Å². The van der Waals surface area contributed by atoms with Crippen LogP contribution < -0.4 is 0 Å². The molecule has 4 nitrogen and oxygen atoms in total. The molecule has 0 atom stereocenters. The van der Waals surface area contributed by atoms with Crippen LogP contribution in [0.3, 0.4) is 0 Å². The summed E-state index contributed by atoms with van der Waals surface area (Å²) < 4.78 is 5.43. The molecule has 1 heterocycles. The highest BCUT2D eigenvalue weighted by molar-refractivity contribution is 5.61. The summed E-state index contributed by atoms with van der Waals surface area (Å²) in [6.07, 6.45) is 1.61. The zero-order valence-electron chi connectivity index (χ0n) is 8.42. The predicted molar refractivity (Wildman–Crippen MR) is 60.9 cm³/mol. The van der Waals surface area contributed by atoms with Gasteiger partial charge in [0.1, 0.15) is 11.5 Å². The average Bonchev–Trinajstić information content (AvgIpc) is 2.77. The lowest BCUT2D eigenvalue weighted by atomic mass is 10.1. The van der Waals surface area contributed by atoms with Crippen molar-refractivity contribution in [2.75, 3.05) is 0 Å². The third kappa shape index (κ3) is 1.86. The summed E-state index contributed by atoms with van der Waals surface area (Å²) in [5, 5.41) is 10.5. The molecule has 0 bridgehead atoms. The summed E-state index contributed by atoms with van der Waals surface area (Å²) in [6.45, 7) is 3.59. The van der Waals surface area contributed by atoms with E-state index in [1.54, 1.807) is 30.3 Å². The molecule has 2 rings (SSSR count). The van der Waals surface area contributed by atoms with E-state index in [9.17, 15) is 10.1 Å². The van der Waals surface area contributed by atoms with Gasteiger partial charge in [0, 0.05) is 17.7 Å². The topological polar surface area (TPSA) is 56.3 Å². The molecule has 0 saturated heterocycles. The van der Waals surface area contributed by atoms with Crippen LogP contribution >= 0.6 is 0 Å². The van der Waals surface area contributed by atoms with Crippen molar-refractivity contribution in [3.63, 3.8) is 0 Å². The van der Waals surface area contributed by atoms with Gasteiger partial charge in [-0.3, -0.25) is 10.1 Å². The van der Waals surface area contributed by atoms with Gasteiger partial charge in [0.2, 0.25) is 0 Å². The lowest BCUT2D eigenvalue weighted by Gasteiger charge is -1.96. The summed E-state index contributed by atoms with van der Waals surface area (Å²) in [5.74, 6) is 1.35. The maximum atomic E-state index is 10.5. The zero-order valence-corrected chi connectivity index (χ0v) is 8.42. The van der Waals surface area contributed by atoms with Crippen LogP contribution in [0.2, 0.25) is 0 Å². The monoisotopic (exact) mass is 215 g/mol. The minimum absolute atomic E-state index is 0.0688. The van der Waals surface area contributed by atoms with Crippen LogP contribution in [0.1, 0.15) is 5.76 Å². The van der Waals surface area contributed by atoms with Crippen molar-refractivity contribution < 1.29 is 9.34 Å². The van der Waals surface area contributed by atoms with E-state index in [-0.39, 0.29) is 5.69 Å². The van der Waals surface area contributed by atoms with Crippen LogP contribution in [0.25, 0.3) is 17.4 Å². The fourth-order valence-corrected chi connectivity index (χ4v) is 1.37. The van der Waals surface area contributed by atoms with Crippen molar-refractivity contribution >= 4 is 11.8 Å². The van der Waals surface area contributed by atoms with E-state index in [2.05, 4.69) is 6.58 Å². The fraction of sp³-hybridized carbons (Fsp3) is 0. The highest BCUT2D eigenvalue weighted by Crippen LogP contribution is 2.24. The van der Waals surface area contributed by atoms with Gasteiger partial charge in [0.05, 0.1) is 4.92 Å². The summed E-state index contributed by atoms with van der Waals surface area (Å²) in [6, 6.07) is 9.81. The number of nitro groups is 1. The van der Waals surface area contributed by atoms with Gasteiger partial charge in [0.25, 0.3) is 5.69 Å². The number of rotatable bonds is 3. The minimum atomic E-state index is -0.429. The van der Waals surface area contributed by atoms with Gasteiger partial charge in [-0.05, 0) is 30.3 Å². The van der Waals surface area contributed by atoms with Gasteiger partial charge < -0.3 is 4.42 Å². The molecular formula is C12H9NO3. The van der Waals surface area contributed by atoms with E-state index in [1.165, 1.54) is 12.1 Å². The average molecular weight is 215 g/mol. The highest BCUT2D eigenvalue weighted by atomic mass is 16.6. The summed E-state index contributed by atoms with van der Waals surface area (Å²) in [4.78, 5) is 10.0. The van der Waals surface area contributed by atoms with Gasteiger partial charge in [-0.15, -0.1) is 0 Å². The maximum Gasteiger partial charge on any atom is 0.269 e. The Labute approximate surface area is 92.0 Å². The Hall–Kier alpha value is -2.36. The number of hydrogen-bond donors (Lipinski definition) is 0. The Bertz CT molecular complexity index is 525. The Balaban J connectivity index is 2.34. The molecule has 1 aromatic heterocycles. The van der Waals surface area contributed by atoms with E-state index in [1.807, 2.05) is 0 Å². The van der Waals surface area contributed by atoms with Crippen molar-refractivity contribution in [1.82, 2.24) is 0 Å². The van der Waals surface area contributed by atoms with Crippen molar-refractivity contribution in [2.24, 2.45) is 0 Å². The van der Waals surface area contributed by atoms with Gasteiger partial charge in [-0.25, -0.2) is 0 Å². The highest BCUT2D eigenvalue weighted by Gasteiger charge is 2.07. The molecule has 0 N–H and O–H groups in total. The Morgan fingerprint density at radius 3 is 2.38 bits per heavy atom. The van der Waals surface area contributed by atoms with E-state index in [0.717, 1.165) is 5.56 Å².